The van der Waals surface area contributed by atoms with E-state index in [0.29, 0.717) is 13.0 Å². The zero-order valence-corrected chi connectivity index (χ0v) is 12.7. The van der Waals surface area contributed by atoms with Crippen molar-refractivity contribution in [3.05, 3.63) is 28.2 Å². The monoisotopic (exact) mass is 315 g/mol. The fourth-order valence-electron chi connectivity index (χ4n) is 1.57. The van der Waals surface area contributed by atoms with Crippen LogP contribution in [0.4, 0.5) is 0 Å². The van der Waals surface area contributed by atoms with E-state index in [1.165, 1.54) is 0 Å². The summed E-state index contributed by atoms with van der Waals surface area (Å²) >= 11 is 3.47. The maximum absolute atomic E-state index is 9.22. The number of hydrogen-bond donors (Lipinski definition) is 2. The van der Waals surface area contributed by atoms with Gasteiger partial charge in [0.2, 0.25) is 0 Å². The van der Waals surface area contributed by atoms with Gasteiger partial charge in [0.1, 0.15) is 5.75 Å². The van der Waals surface area contributed by atoms with Crippen LogP contribution >= 0.6 is 15.9 Å². The van der Waals surface area contributed by atoms with Gasteiger partial charge in [0.05, 0.1) is 12.7 Å². The fourth-order valence-corrected chi connectivity index (χ4v) is 1.97. The van der Waals surface area contributed by atoms with E-state index >= 15 is 0 Å². The Bertz CT molecular complexity index is 356. The summed E-state index contributed by atoms with van der Waals surface area (Å²) in [5.41, 5.74) is 1.14. The van der Waals surface area contributed by atoms with Crippen molar-refractivity contribution in [2.24, 2.45) is 0 Å². The summed E-state index contributed by atoms with van der Waals surface area (Å²) in [7, 11) is 0. The topological polar surface area (TPSA) is 41.5 Å². The highest BCUT2D eigenvalue weighted by molar-refractivity contribution is 9.10. The maximum Gasteiger partial charge on any atom is 0.123 e. The molecular formula is C14H22BrNO2. The van der Waals surface area contributed by atoms with Crippen LogP contribution in [0.15, 0.2) is 22.7 Å². The van der Waals surface area contributed by atoms with E-state index in [9.17, 15) is 5.11 Å². The Morgan fingerprint density at radius 1 is 1.44 bits per heavy atom. The minimum atomic E-state index is -0.317. The summed E-state index contributed by atoms with van der Waals surface area (Å²) in [6, 6.07) is 6.01. The molecule has 0 aliphatic carbocycles. The SMILES string of the molecule is CCCNCc1cc(Br)ccc1OCCC(C)O. The molecule has 3 nitrogen and oxygen atoms in total. The van der Waals surface area contributed by atoms with Gasteiger partial charge in [-0.05, 0) is 38.1 Å². The standard InChI is InChI=1S/C14H22BrNO2/c1-3-7-16-10-12-9-13(15)4-5-14(12)18-8-6-11(2)17/h4-5,9,11,16-17H,3,6-8,10H2,1-2H3. The van der Waals surface area contributed by atoms with Crippen molar-refractivity contribution in [3.63, 3.8) is 0 Å². The van der Waals surface area contributed by atoms with Gasteiger partial charge in [-0.3, -0.25) is 0 Å². The van der Waals surface area contributed by atoms with Crippen LogP contribution in [0.2, 0.25) is 0 Å². The molecule has 0 radical (unpaired) electrons. The first-order valence-electron chi connectivity index (χ1n) is 6.43. The predicted molar refractivity (Wildman–Crippen MR) is 77.9 cm³/mol. The first-order chi connectivity index (χ1) is 8.63. The lowest BCUT2D eigenvalue weighted by Crippen LogP contribution is -2.15. The van der Waals surface area contributed by atoms with Crippen molar-refractivity contribution < 1.29 is 9.84 Å². The molecule has 0 bridgehead atoms. The van der Waals surface area contributed by atoms with Gasteiger partial charge in [-0.25, -0.2) is 0 Å². The lowest BCUT2D eigenvalue weighted by atomic mass is 10.2. The number of nitrogens with one attached hydrogen (secondary N) is 1. The maximum atomic E-state index is 9.22. The molecule has 0 saturated carbocycles. The first kappa shape index (κ1) is 15.5. The van der Waals surface area contributed by atoms with Crippen LogP contribution in [0.25, 0.3) is 0 Å². The van der Waals surface area contributed by atoms with E-state index in [-0.39, 0.29) is 6.10 Å². The van der Waals surface area contributed by atoms with Crippen molar-refractivity contribution in [3.8, 4) is 5.75 Å². The average Bonchev–Trinajstić information content (AvgIpc) is 2.32. The number of aliphatic hydroxyl groups is 1. The molecule has 0 aromatic heterocycles. The van der Waals surface area contributed by atoms with Gasteiger partial charge in [0, 0.05) is 23.0 Å². The molecule has 1 aromatic carbocycles. The lowest BCUT2D eigenvalue weighted by molar-refractivity contribution is 0.155. The number of halogens is 1. The Morgan fingerprint density at radius 3 is 2.89 bits per heavy atom. The van der Waals surface area contributed by atoms with E-state index in [1.807, 2.05) is 12.1 Å². The molecule has 1 rings (SSSR count). The first-order valence-corrected chi connectivity index (χ1v) is 7.22. The number of benzene rings is 1. The molecule has 18 heavy (non-hydrogen) atoms. The summed E-state index contributed by atoms with van der Waals surface area (Å²) in [6.07, 6.45) is 1.45. The van der Waals surface area contributed by atoms with E-state index in [0.717, 1.165) is 35.3 Å². The molecule has 0 heterocycles. The second kappa shape index (κ2) is 8.51. The third kappa shape index (κ3) is 5.85. The van der Waals surface area contributed by atoms with Crippen molar-refractivity contribution in [1.82, 2.24) is 5.32 Å². The van der Waals surface area contributed by atoms with Crippen LogP contribution in [0.5, 0.6) is 5.75 Å². The minimum absolute atomic E-state index is 0.317. The molecule has 1 aromatic rings. The smallest absolute Gasteiger partial charge is 0.123 e. The molecule has 102 valence electrons. The van der Waals surface area contributed by atoms with Gasteiger partial charge in [-0.2, -0.15) is 0 Å². The summed E-state index contributed by atoms with van der Waals surface area (Å²) in [5.74, 6) is 0.891. The normalized spacial score (nSPS) is 12.4. The highest BCUT2D eigenvalue weighted by atomic mass is 79.9. The van der Waals surface area contributed by atoms with Gasteiger partial charge in [-0.1, -0.05) is 22.9 Å². The van der Waals surface area contributed by atoms with Crippen LogP contribution in [0, 0.1) is 0 Å². The fraction of sp³-hybridized carbons (Fsp3) is 0.571. The average molecular weight is 316 g/mol. The largest absolute Gasteiger partial charge is 0.493 e. The quantitative estimate of drug-likeness (QED) is 0.724. The summed E-state index contributed by atoms with van der Waals surface area (Å²) < 4.78 is 6.77. The van der Waals surface area contributed by atoms with E-state index in [2.05, 4.69) is 34.2 Å². The van der Waals surface area contributed by atoms with Crippen LogP contribution in [-0.2, 0) is 6.54 Å². The Hall–Kier alpha value is -0.580. The highest BCUT2D eigenvalue weighted by Gasteiger charge is 2.05. The van der Waals surface area contributed by atoms with E-state index < -0.39 is 0 Å². The molecule has 1 unspecified atom stereocenters. The highest BCUT2D eigenvalue weighted by Crippen LogP contribution is 2.23. The Morgan fingerprint density at radius 2 is 2.22 bits per heavy atom. The molecule has 2 N–H and O–H groups in total. The molecule has 0 saturated heterocycles. The molecule has 1 atom stereocenters. The number of ether oxygens (including phenoxy) is 1. The molecule has 4 heteroatoms. The summed E-state index contributed by atoms with van der Waals surface area (Å²) in [4.78, 5) is 0. The van der Waals surface area contributed by atoms with Gasteiger partial charge in [-0.15, -0.1) is 0 Å². The van der Waals surface area contributed by atoms with Crippen molar-refractivity contribution >= 4 is 15.9 Å². The summed E-state index contributed by atoms with van der Waals surface area (Å²) in [6.45, 7) is 6.26. The van der Waals surface area contributed by atoms with Gasteiger partial charge in [0.25, 0.3) is 0 Å². The van der Waals surface area contributed by atoms with Crippen molar-refractivity contribution in [2.75, 3.05) is 13.2 Å². The predicted octanol–water partition coefficient (Wildman–Crippen LogP) is 3.10. The zero-order valence-electron chi connectivity index (χ0n) is 11.1. The second-order valence-electron chi connectivity index (χ2n) is 4.41. The number of rotatable bonds is 8. The van der Waals surface area contributed by atoms with Gasteiger partial charge < -0.3 is 15.2 Å². The lowest BCUT2D eigenvalue weighted by Gasteiger charge is -2.13. The molecule has 0 fully saturated rings. The third-order valence-electron chi connectivity index (χ3n) is 2.56. The Labute approximate surface area is 118 Å². The Balaban J connectivity index is 2.58. The van der Waals surface area contributed by atoms with Crippen molar-refractivity contribution in [2.45, 2.75) is 39.3 Å². The summed E-state index contributed by atoms with van der Waals surface area (Å²) in [5, 5.41) is 12.6. The molecular weight excluding hydrogens is 294 g/mol. The van der Waals surface area contributed by atoms with E-state index in [4.69, 9.17) is 4.74 Å². The van der Waals surface area contributed by atoms with Crippen LogP contribution in [0.3, 0.4) is 0 Å². The minimum Gasteiger partial charge on any atom is -0.493 e. The zero-order chi connectivity index (χ0) is 13.4. The molecule has 0 aliphatic heterocycles. The number of hydrogen-bond acceptors (Lipinski definition) is 3. The molecule has 0 amide bonds. The van der Waals surface area contributed by atoms with E-state index in [1.54, 1.807) is 6.92 Å². The third-order valence-corrected chi connectivity index (χ3v) is 3.05. The van der Waals surface area contributed by atoms with Crippen molar-refractivity contribution in [1.29, 1.82) is 0 Å². The molecule has 0 aliphatic rings. The van der Waals surface area contributed by atoms with Crippen LogP contribution in [0.1, 0.15) is 32.3 Å². The van der Waals surface area contributed by atoms with Crippen LogP contribution < -0.4 is 10.1 Å². The van der Waals surface area contributed by atoms with Crippen LogP contribution in [-0.4, -0.2) is 24.4 Å². The Kier molecular flexibility index (Phi) is 7.32. The second-order valence-corrected chi connectivity index (χ2v) is 5.33. The van der Waals surface area contributed by atoms with Gasteiger partial charge >= 0.3 is 0 Å². The number of aliphatic hydroxyl groups excluding tert-OH is 1. The van der Waals surface area contributed by atoms with Gasteiger partial charge in [0.15, 0.2) is 0 Å². The molecule has 0 spiro atoms.